The molecule has 0 aromatic carbocycles. The van der Waals surface area contributed by atoms with Crippen molar-refractivity contribution in [1.82, 2.24) is 30.4 Å². The molecular weight excluding hydrogens is 296 g/mol. The van der Waals surface area contributed by atoms with Crippen LogP contribution in [0.3, 0.4) is 0 Å². The van der Waals surface area contributed by atoms with Gasteiger partial charge in [0.25, 0.3) is 5.91 Å². The summed E-state index contributed by atoms with van der Waals surface area (Å²) in [6.07, 6.45) is 7.23. The number of aromatic nitrogens is 4. The molecule has 1 N–H and O–H groups in total. The van der Waals surface area contributed by atoms with Gasteiger partial charge in [0.15, 0.2) is 0 Å². The summed E-state index contributed by atoms with van der Waals surface area (Å²) in [5.41, 5.74) is -0.601. The van der Waals surface area contributed by atoms with Gasteiger partial charge in [0.1, 0.15) is 11.9 Å². The zero-order valence-electron chi connectivity index (χ0n) is 13.1. The summed E-state index contributed by atoms with van der Waals surface area (Å²) in [6.45, 7) is 2.02. The summed E-state index contributed by atoms with van der Waals surface area (Å²) < 4.78 is 1.58. The van der Waals surface area contributed by atoms with Gasteiger partial charge in [-0.05, 0) is 54.9 Å². The van der Waals surface area contributed by atoms with Crippen LogP contribution in [0.4, 0.5) is 0 Å². The number of piperidine rings is 1. The lowest BCUT2D eigenvalue weighted by atomic mass is 9.96. The van der Waals surface area contributed by atoms with Gasteiger partial charge in [-0.25, -0.2) is 4.68 Å². The second kappa shape index (κ2) is 5.58. The van der Waals surface area contributed by atoms with Crippen molar-refractivity contribution in [2.24, 2.45) is 11.8 Å². The molecular formula is C15H22N6O2. The molecule has 2 saturated carbocycles. The lowest BCUT2D eigenvalue weighted by molar-refractivity contribution is -0.140. The van der Waals surface area contributed by atoms with E-state index in [0.717, 1.165) is 38.8 Å². The number of tetrazole rings is 1. The first-order chi connectivity index (χ1) is 11.2. The molecule has 2 amide bonds. The Hall–Kier alpha value is -1.99. The van der Waals surface area contributed by atoms with Crippen LogP contribution >= 0.6 is 0 Å². The predicted octanol–water partition coefficient (Wildman–Crippen LogP) is -0.0730. The Morgan fingerprint density at radius 1 is 1.26 bits per heavy atom. The molecule has 1 unspecified atom stereocenters. The summed E-state index contributed by atoms with van der Waals surface area (Å²) >= 11 is 0. The molecule has 124 valence electrons. The number of nitrogens with one attached hydrogen (secondary N) is 1. The molecule has 3 aliphatic rings. The molecule has 0 radical (unpaired) electrons. The van der Waals surface area contributed by atoms with Crippen molar-refractivity contribution in [3.05, 3.63) is 6.33 Å². The third-order valence-electron chi connectivity index (χ3n) is 5.25. The van der Waals surface area contributed by atoms with E-state index in [0.29, 0.717) is 12.5 Å². The van der Waals surface area contributed by atoms with Crippen molar-refractivity contribution < 1.29 is 9.59 Å². The monoisotopic (exact) mass is 318 g/mol. The quantitative estimate of drug-likeness (QED) is 0.820. The van der Waals surface area contributed by atoms with Crippen molar-refractivity contribution in [3.8, 4) is 0 Å². The lowest BCUT2D eigenvalue weighted by Gasteiger charge is -2.34. The normalized spacial score (nSPS) is 25.9. The summed E-state index contributed by atoms with van der Waals surface area (Å²) in [5.74, 6) is 0.747. The van der Waals surface area contributed by atoms with Gasteiger partial charge in [0.05, 0.1) is 5.92 Å². The number of hydrogen-bond acceptors (Lipinski definition) is 5. The van der Waals surface area contributed by atoms with Gasteiger partial charge < -0.3 is 10.2 Å². The van der Waals surface area contributed by atoms with E-state index in [1.54, 1.807) is 4.68 Å². The Kier molecular flexibility index (Phi) is 3.54. The number of hydrogen-bond donors (Lipinski definition) is 1. The third kappa shape index (κ3) is 2.82. The van der Waals surface area contributed by atoms with Crippen molar-refractivity contribution in [2.75, 3.05) is 19.6 Å². The van der Waals surface area contributed by atoms with Crippen LogP contribution in [-0.2, 0) is 15.1 Å². The van der Waals surface area contributed by atoms with Crippen LogP contribution in [0.1, 0.15) is 38.5 Å². The maximum Gasteiger partial charge on any atom is 0.250 e. The average Bonchev–Trinajstić information content (AvgIpc) is 3.52. The molecule has 1 aromatic heterocycles. The number of rotatable bonds is 5. The minimum absolute atomic E-state index is 0.0597. The highest BCUT2D eigenvalue weighted by molar-refractivity contribution is 5.88. The molecule has 0 spiro atoms. The number of nitrogens with zero attached hydrogens (tertiary/aromatic N) is 5. The van der Waals surface area contributed by atoms with Gasteiger partial charge in [-0.15, -0.1) is 5.10 Å². The van der Waals surface area contributed by atoms with Crippen LogP contribution < -0.4 is 5.32 Å². The highest BCUT2D eigenvalue weighted by atomic mass is 16.2. The first-order valence-corrected chi connectivity index (χ1v) is 8.49. The molecule has 3 fully saturated rings. The minimum atomic E-state index is -0.601. The fraction of sp³-hybridized carbons (Fsp3) is 0.800. The van der Waals surface area contributed by atoms with E-state index < -0.39 is 5.54 Å². The minimum Gasteiger partial charge on any atom is -0.356 e. The second-order valence-corrected chi connectivity index (χ2v) is 7.06. The Morgan fingerprint density at radius 2 is 2.09 bits per heavy atom. The van der Waals surface area contributed by atoms with Gasteiger partial charge in [-0.1, -0.05) is 0 Å². The number of carbonyl (C=O) groups excluding carboxylic acids is 2. The highest BCUT2D eigenvalue weighted by Crippen LogP contribution is 2.44. The first-order valence-electron chi connectivity index (χ1n) is 8.49. The Balaban J connectivity index is 1.39. The van der Waals surface area contributed by atoms with E-state index in [2.05, 4.69) is 20.8 Å². The van der Waals surface area contributed by atoms with Gasteiger partial charge in [0, 0.05) is 19.6 Å². The van der Waals surface area contributed by atoms with E-state index in [1.807, 2.05) is 4.90 Å². The molecule has 23 heavy (non-hydrogen) atoms. The smallest absolute Gasteiger partial charge is 0.250 e. The Morgan fingerprint density at radius 3 is 2.74 bits per heavy atom. The topological polar surface area (TPSA) is 93.0 Å². The van der Waals surface area contributed by atoms with Gasteiger partial charge in [-0.3, -0.25) is 9.59 Å². The van der Waals surface area contributed by atoms with Crippen LogP contribution in [0.15, 0.2) is 6.33 Å². The molecule has 2 aliphatic carbocycles. The average molecular weight is 318 g/mol. The molecule has 8 heteroatoms. The molecule has 1 saturated heterocycles. The van der Waals surface area contributed by atoms with Gasteiger partial charge in [0.2, 0.25) is 5.91 Å². The van der Waals surface area contributed by atoms with Crippen LogP contribution in [-0.4, -0.2) is 56.6 Å². The second-order valence-electron chi connectivity index (χ2n) is 7.06. The van der Waals surface area contributed by atoms with Crippen LogP contribution in [0.2, 0.25) is 0 Å². The maximum absolute atomic E-state index is 12.9. The van der Waals surface area contributed by atoms with E-state index in [-0.39, 0.29) is 17.7 Å². The summed E-state index contributed by atoms with van der Waals surface area (Å²) in [4.78, 5) is 27.0. The SMILES string of the molecule is O=C(NCC1CC1)C1CCCN(C(=O)C2(n3cnnn3)CC2)C1. The molecule has 1 aliphatic heterocycles. The van der Waals surface area contributed by atoms with Crippen LogP contribution in [0.25, 0.3) is 0 Å². The van der Waals surface area contributed by atoms with E-state index in [1.165, 1.54) is 19.2 Å². The molecule has 8 nitrogen and oxygen atoms in total. The predicted molar refractivity (Wildman–Crippen MR) is 80.1 cm³/mol. The number of carbonyl (C=O) groups is 2. The third-order valence-corrected chi connectivity index (χ3v) is 5.25. The first kappa shape index (κ1) is 14.6. The van der Waals surface area contributed by atoms with E-state index in [9.17, 15) is 9.59 Å². The summed E-state index contributed by atoms with van der Waals surface area (Å²) in [5, 5.41) is 14.2. The van der Waals surface area contributed by atoms with Crippen LogP contribution in [0.5, 0.6) is 0 Å². The van der Waals surface area contributed by atoms with Crippen molar-refractivity contribution in [3.63, 3.8) is 0 Å². The maximum atomic E-state index is 12.9. The lowest BCUT2D eigenvalue weighted by Crippen LogP contribution is -2.50. The molecule has 0 bridgehead atoms. The number of likely N-dealkylation sites (tertiary alicyclic amines) is 1. The standard InChI is InChI=1S/C15H22N6O2/c22-13(16-8-11-3-4-11)12-2-1-7-20(9-12)14(23)15(5-6-15)21-10-17-18-19-21/h10-12H,1-9H2,(H,16,22). The molecule has 1 aromatic rings. The van der Waals surface area contributed by atoms with E-state index in [4.69, 9.17) is 0 Å². The molecule has 1 atom stereocenters. The largest absolute Gasteiger partial charge is 0.356 e. The molecule has 2 heterocycles. The Labute approximate surface area is 134 Å². The van der Waals surface area contributed by atoms with Crippen molar-refractivity contribution >= 4 is 11.8 Å². The van der Waals surface area contributed by atoms with Crippen molar-refractivity contribution in [1.29, 1.82) is 0 Å². The Bertz CT molecular complexity index is 593. The zero-order chi connectivity index (χ0) is 15.9. The van der Waals surface area contributed by atoms with E-state index >= 15 is 0 Å². The fourth-order valence-corrected chi connectivity index (χ4v) is 3.40. The van der Waals surface area contributed by atoms with Crippen molar-refractivity contribution in [2.45, 2.75) is 44.1 Å². The van der Waals surface area contributed by atoms with Crippen LogP contribution in [0, 0.1) is 11.8 Å². The van der Waals surface area contributed by atoms with Gasteiger partial charge >= 0.3 is 0 Å². The summed E-state index contributed by atoms with van der Waals surface area (Å²) in [6, 6.07) is 0. The summed E-state index contributed by atoms with van der Waals surface area (Å²) in [7, 11) is 0. The van der Waals surface area contributed by atoms with Gasteiger partial charge in [-0.2, -0.15) is 0 Å². The fourth-order valence-electron chi connectivity index (χ4n) is 3.40. The molecule has 4 rings (SSSR count). The number of amides is 2. The zero-order valence-corrected chi connectivity index (χ0v) is 13.1. The highest BCUT2D eigenvalue weighted by Gasteiger charge is 2.55.